The van der Waals surface area contributed by atoms with E-state index in [2.05, 4.69) is 30.9 Å². The Bertz CT molecular complexity index is 900. The molecule has 2 aromatic rings. The lowest BCUT2D eigenvalue weighted by atomic mass is 9.76. The van der Waals surface area contributed by atoms with Crippen LogP contribution in [-0.2, 0) is 16.1 Å². The highest BCUT2D eigenvalue weighted by molar-refractivity contribution is 5.83. The van der Waals surface area contributed by atoms with Gasteiger partial charge < -0.3 is 14.4 Å². The van der Waals surface area contributed by atoms with Gasteiger partial charge in [0.05, 0.1) is 6.54 Å². The topological polar surface area (TPSA) is 74.0 Å². The SMILES string of the molecule is CC(=O)N1CC2(CCN(Cc3oc4ccc(C)cc4c3C)CC2)C[C@@H]1C(=O)O. The molecule has 6 nitrogen and oxygen atoms in total. The van der Waals surface area contributed by atoms with Crippen molar-refractivity contribution in [2.75, 3.05) is 19.6 Å². The van der Waals surface area contributed by atoms with Crippen LogP contribution in [0.1, 0.15) is 43.1 Å². The predicted octanol–water partition coefficient (Wildman–Crippen LogP) is 3.34. The van der Waals surface area contributed by atoms with Crippen molar-refractivity contribution < 1.29 is 19.1 Å². The summed E-state index contributed by atoms with van der Waals surface area (Å²) in [4.78, 5) is 27.4. The first-order valence-electron chi connectivity index (χ1n) is 9.99. The fourth-order valence-electron chi connectivity index (χ4n) is 4.89. The maximum atomic E-state index is 11.9. The Morgan fingerprint density at radius 3 is 2.57 bits per heavy atom. The third-order valence-corrected chi connectivity index (χ3v) is 6.67. The summed E-state index contributed by atoms with van der Waals surface area (Å²) in [6.45, 7) is 8.80. The van der Waals surface area contributed by atoms with E-state index in [0.717, 1.165) is 43.8 Å². The highest BCUT2D eigenvalue weighted by Crippen LogP contribution is 2.44. The van der Waals surface area contributed by atoms with Crippen LogP contribution in [0.5, 0.6) is 0 Å². The van der Waals surface area contributed by atoms with Crippen molar-refractivity contribution in [3.05, 3.63) is 35.1 Å². The molecule has 2 saturated heterocycles. The van der Waals surface area contributed by atoms with Crippen LogP contribution in [0, 0.1) is 19.3 Å². The van der Waals surface area contributed by atoms with Crippen LogP contribution in [-0.4, -0.2) is 52.5 Å². The summed E-state index contributed by atoms with van der Waals surface area (Å²) < 4.78 is 6.10. The number of carboxylic acid groups (broad SMARTS) is 1. The second kappa shape index (κ2) is 6.92. The number of carbonyl (C=O) groups is 2. The molecule has 28 heavy (non-hydrogen) atoms. The van der Waals surface area contributed by atoms with Crippen molar-refractivity contribution in [2.45, 2.75) is 52.6 Å². The van der Waals surface area contributed by atoms with E-state index in [1.807, 2.05) is 6.07 Å². The van der Waals surface area contributed by atoms with E-state index in [-0.39, 0.29) is 11.3 Å². The molecule has 6 heteroatoms. The minimum absolute atomic E-state index is 0.0642. The molecule has 0 radical (unpaired) electrons. The molecule has 2 aliphatic heterocycles. The smallest absolute Gasteiger partial charge is 0.326 e. The molecule has 2 aliphatic rings. The third-order valence-electron chi connectivity index (χ3n) is 6.67. The van der Waals surface area contributed by atoms with Crippen molar-refractivity contribution in [3.63, 3.8) is 0 Å². The van der Waals surface area contributed by atoms with Gasteiger partial charge in [0, 0.05) is 18.9 Å². The Hall–Kier alpha value is -2.34. The first-order chi connectivity index (χ1) is 13.3. The Balaban J connectivity index is 1.44. The number of hydrogen-bond donors (Lipinski definition) is 1. The number of amides is 1. The van der Waals surface area contributed by atoms with Crippen LogP contribution in [0.4, 0.5) is 0 Å². The first-order valence-corrected chi connectivity index (χ1v) is 9.99. The Labute approximate surface area is 165 Å². The number of likely N-dealkylation sites (tertiary alicyclic amines) is 2. The molecular weight excluding hydrogens is 356 g/mol. The number of nitrogens with zero attached hydrogens (tertiary/aromatic N) is 2. The molecule has 1 aromatic carbocycles. The number of furan rings is 1. The molecule has 150 valence electrons. The average Bonchev–Trinajstić information content (AvgIpc) is 3.17. The second-order valence-corrected chi connectivity index (χ2v) is 8.63. The summed E-state index contributed by atoms with van der Waals surface area (Å²) >= 11 is 0. The molecule has 0 aliphatic carbocycles. The summed E-state index contributed by atoms with van der Waals surface area (Å²) in [7, 11) is 0. The molecular formula is C22H28N2O4. The predicted molar refractivity (Wildman–Crippen MR) is 106 cm³/mol. The van der Waals surface area contributed by atoms with Gasteiger partial charge in [-0.25, -0.2) is 4.79 Å². The number of rotatable bonds is 3. The fraction of sp³-hybridized carbons (Fsp3) is 0.545. The molecule has 1 amide bonds. The van der Waals surface area contributed by atoms with E-state index in [0.29, 0.717) is 13.0 Å². The minimum atomic E-state index is -0.886. The summed E-state index contributed by atoms with van der Waals surface area (Å²) in [6, 6.07) is 5.60. The average molecular weight is 384 g/mol. The Morgan fingerprint density at radius 2 is 1.96 bits per heavy atom. The van der Waals surface area contributed by atoms with Gasteiger partial charge in [-0.3, -0.25) is 9.69 Å². The lowest BCUT2D eigenvalue weighted by Crippen LogP contribution is -2.42. The van der Waals surface area contributed by atoms with Crippen molar-refractivity contribution in [1.29, 1.82) is 0 Å². The molecule has 1 N–H and O–H groups in total. The highest BCUT2D eigenvalue weighted by Gasteiger charge is 2.49. The lowest BCUT2D eigenvalue weighted by Gasteiger charge is -2.38. The zero-order valence-electron chi connectivity index (χ0n) is 16.8. The quantitative estimate of drug-likeness (QED) is 0.879. The van der Waals surface area contributed by atoms with E-state index < -0.39 is 12.0 Å². The van der Waals surface area contributed by atoms with Gasteiger partial charge in [-0.05, 0) is 69.3 Å². The maximum Gasteiger partial charge on any atom is 0.326 e. The lowest BCUT2D eigenvalue weighted by molar-refractivity contribution is -0.147. The van der Waals surface area contributed by atoms with Crippen molar-refractivity contribution >= 4 is 22.8 Å². The van der Waals surface area contributed by atoms with Gasteiger partial charge in [0.15, 0.2) is 0 Å². The van der Waals surface area contributed by atoms with Crippen molar-refractivity contribution in [1.82, 2.24) is 9.80 Å². The third kappa shape index (κ3) is 3.30. The standard InChI is InChI=1S/C22H28N2O4/c1-14-4-5-19-17(10-14)15(2)20(28-19)12-23-8-6-22(7-9-23)11-18(21(26)27)24(13-22)16(3)25/h4-5,10,18H,6-9,11-13H2,1-3H3,(H,26,27)/t18-/m1/s1. The van der Waals surface area contributed by atoms with Gasteiger partial charge in [-0.2, -0.15) is 0 Å². The summed E-state index contributed by atoms with van der Waals surface area (Å²) in [5.74, 6) is -0.0145. The Morgan fingerprint density at radius 1 is 1.25 bits per heavy atom. The number of benzene rings is 1. The van der Waals surface area contributed by atoms with Crippen LogP contribution >= 0.6 is 0 Å². The van der Waals surface area contributed by atoms with E-state index in [4.69, 9.17) is 4.42 Å². The van der Waals surface area contributed by atoms with Crippen LogP contribution in [0.15, 0.2) is 22.6 Å². The number of fused-ring (bicyclic) bond motifs is 1. The molecule has 0 unspecified atom stereocenters. The first kappa shape index (κ1) is 19.0. The van der Waals surface area contributed by atoms with E-state index in [1.165, 1.54) is 23.4 Å². The number of aryl methyl sites for hydroxylation is 2. The maximum absolute atomic E-state index is 11.9. The molecule has 3 heterocycles. The van der Waals surface area contributed by atoms with E-state index >= 15 is 0 Å². The second-order valence-electron chi connectivity index (χ2n) is 8.63. The normalized spacial score (nSPS) is 22.2. The van der Waals surface area contributed by atoms with Crippen LogP contribution < -0.4 is 0 Å². The van der Waals surface area contributed by atoms with Crippen LogP contribution in [0.25, 0.3) is 11.0 Å². The van der Waals surface area contributed by atoms with Gasteiger partial charge in [-0.15, -0.1) is 0 Å². The number of piperidine rings is 1. The summed E-state index contributed by atoms with van der Waals surface area (Å²) in [6.07, 6.45) is 2.40. The molecule has 4 rings (SSSR count). The van der Waals surface area contributed by atoms with Gasteiger partial charge in [0.2, 0.25) is 5.91 Å². The molecule has 1 aromatic heterocycles. The Kier molecular flexibility index (Phi) is 4.70. The highest BCUT2D eigenvalue weighted by atomic mass is 16.4. The van der Waals surface area contributed by atoms with Crippen molar-refractivity contribution in [2.24, 2.45) is 5.41 Å². The zero-order valence-corrected chi connectivity index (χ0v) is 16.8. The van der Waals surface area contributed by atoms with Crippen LogP contribution in [0.2, 0.25) is 0 Å². The number of carbonyl (C=O) groups excluding carboxylic acids is 1. The largest absolute Gasteiger partial charge is 0.480 e. The number of aliphatic carboxylic acids is 1. The minimum Gasteiger partial charge on any atom is -0.480 e. The fourth-order valence-corrected chi connectivity index (χ4v) is 4.89. The van der Waals surface area contributed by atoms with E-state index in [9.17, 15) is 14.7 Å². The zero-order chi connectivity index (χ0) is 20.1. The molecule has 1 atom stereocenters. The molecule has 2 fully saturated rings. The summed E-state index contributed by atoms with van der Waals surface area (Å²) in [5, 5.41) is 10.7. The number of hydrogen-bond acceptors (Lipinski definition) is 4. The molecule has 0 bridgehead atoms. The van der Waals surface area contributed by atoms with E-state index in [1.54, 1.807) is 4.90 Å². The van der Waals surface area contributed by atoms with Gasteiger partial charge in [0.1, 0.15) is 17.4 Å². The monoisotopic (exact) mass is 384 g/mol. The summed E-state index contributed by atoms with van der Waals surface area (Å²) in [5.41, 5.74) is 3.30. The molecule has 0 saturated carbocycles. The van der Waals surface area contributed by atoms with Gasteiger partial charge in [0.25, 0.3) is 0 Å². The van der Waals surface area contributed by atoms with Crippen LogP contribution in [0.3, 0.4) is 0 Å². The van der Waals surface area contributed by atoms with Gasteiger partial charge in [-0.1, -0.05) is 11.6 Å². The van der Waals surface area contributed by atoms with Gasteiger partial charge >= 0.3 is 5.97 Å². The molecule has 1 spiro atoms. The van der Waals surface area contributed by atoms with Crippen molar-refractivity contribution in [3.8, 4) is 0 Å². The number of carboxylic acids is 1.